The molecule has 74 valence electrons. The van der Waals surface area contributed by atoms with Crippen LogP contribution in [0.25, 0.3) is 0 Å². The molecule has 0 aliphatic heterocycles. The maximum atomic E-state index is 9.72. The van der Waals surface area contributed by atoms with Crippen molar-refractivity contribution in [2.24, 2.45) is 0 Å². The molecule has 4 heteroatoms. The second-order valence-electron chi connectivity index (χ2n) is 2.90. The first kappa shape index (κ1) is 10.9. The first-order valence-electron chi connectivity index (χ1n) is 4.06. The predicted octanol–water partition coefficient (Wildman–Crippen LogP) is 2.79. The number of nitriles is 1. The van der Waals surface area contributed by atoms with Gasteiger partial charge in [-0.2, -0.15) is 5.26 Å². The zero-order valence-electron chi connectivity index (χ0n) is 7.91. The summed E-state index contributed by atoms with van der Waals surface area (Å²) in [6, 6.07) is 5.43. The fourth-order valence-corrected chi connectivity index (χ4v) is 1.60. The quantitative estimate of drug-likeness (QED) is 0.885. The third kappa shape index (κ3) is 1.99. The van der Waals surface area contributed by atoms with Crippen LogP contribution in [0.3, 0.4) is 0 Å². The molecule has 1 aromatic carbocycles. The van der Waals surface area contributed by atoms with Gasteiger partial charge in [-0.1, -0.05) is 15.9 Å². The Labute approximate surface area is 91.1 Å². The Hall–Kier alpha value is -1.21. The van der Waals surface area contributed by atoms with Gasteiger partial charge in [0.2, 0.25) is 0 Å². The van der Waals surface area contributed by atoms with Crippen molar-refractivity contribution < 1.29 is 9.84 Å². The monoisotopic (exact) mass is 255 g/mol. The summed E-state index contributed by atoms with van der Waals surface area (Å²) >= 11 is 3.28. The highest BCUT2D eigenvalue weighted by Gasteiger charge is 2.14. The van der Waals surface area contributed by atoms with Gasteiger partial charge in [-0.3, -0.25) is 0 Å². The van der Waals surface area contributed by atoms with E-state index < -0.39 is 0 Å². The molecule has 0 aliphatic carbocycles. The first-order chi connectivity index (χ1) is 6.60. The molecular formula is C10H10BrNO2. The zero-order chi connectivity index (χ0) is 10.7. The number of hydrogen-bond donors (Lipinski definition) is 1. The van der Waals surface area contributed by atoms with Crippen molar-refractivity contribution in [3.05, 3.63) is 22.2 Å². The normalized spacial score (nSPS) is 11.9. The van der Waals surface area contributed by atoms with Crippen molar-refractivity contribution in [1.82, 2.24) is 0 Å². The SMILES string of the molecule is COc1cc(Br)cc(C(C)C#N)c1O. The molecular weight excluding hydrogens is 246 g/mol. The minimum absolute atomic E-state index is 0.0322. The average molecular weight is 256 g/mol. The molecule has 0 amide bonds. The van der Waals surface area contributed by atoms with Crippen LogP contribution >= 0.6 is 15.9 Å². The number of rotatable bonds is 2. The van der Waals surface area contributed by atoms with Gasteiger partial charge >= 0.3 is 0 Å². The number of nitrogens with zero attached hydrogens (tertiary/aromatic N) is 1. The second-order valence-corrected chi connectivity index (χ2v) is 3.81. The minimum Gasteiger partial charge on any atom is -0.504 e. The smallest absolute Gasteiger partial charge is 0.162 e. The van der Waals surface area contributed by atoms with Crippen LogP contribution in [0, 0.1) is 11.3 Å². The van der Waals surface area contributed by atoms with E-state index in [0.29, 0.717) is 11.3 Å². The van der Waals surface area contributed by atoms with Gasteiger partial charge in [0.25, 0.3) is 0 Å². The Morgan fingerprint density at radius 2 is 2.21 bits per heavy atom. The summed E-state index contributed by atoms with van der Waals surface area (Å²) in [6.45, 7) is 1.72. The third-order valence-electron chi connectivity index (χ3n) is 1.95. The van der Waals surface area contributed by atoms with E-state index in [1.165, 1.54) is 7.11 Å². The Kier molecular flexibility index (Phi) is 3.37. The summed E-state index contributed by atoms with van der Waals surface area (Å²) in [5, 5.41) is 18.5. The first-order valence-corrected chi connectivity index (χ1v) is 4.85. The molecule has 14 heavy (non-hydrogen) atoms. The summed E-state index contributed by atoms with van der Waals surface area (Å²) < 4.78 is 5.75. The van der Waals surface area contributed by atoms with Crippen molar-refractivity contribution in [2.45, 2.75) is 12.8 Å². The molecule has 1 atom stereocenters. The van der Waals surface area contributed by atoms with E-state index in [9.17, 15) is 5.11 Å². The molecule has 0 saturated carbocycles. The van der Waals surface area contributed by atoms with E-state index in [1.54, 1.807) is 19.1 Å². The highest BCUT2D eigenvalue weighted by atomic mass is 79.9. The lowest BCUT2D eigenvalue weighted by molar-refractivity contribution is 0.370. The highest BCUT2D eigenvalue weighted by molar-refractivity contribution is 9.10. The van der Waals surface area contributed by atoms with Crippen molar-refractivity contribution >= 4 is 15.9 Å². The lowest BCUT2D eigenvalue weighted by atomic mass is 10.0. The standard InChI is InChI=1S/C10H10BrNO2/c1-6(5-12)8-3-7(11)4-9(14-2)10(8)13/h3-4,6,13H,1-2H3. The Morgan fingerprint density at radius 3 is 2.71 bits per heavy atom. The molecule has 1 unspecified atom stereocenters. The summed E-state index contributed by atoms with van der Waals surface area (Å²) in [5.41, 5.74) is 0.568. The molecule has 0 aliphatic rings. The number of methoxy groups -OCH3 is 1. The molecule has 1 N–H and O–H groups in total. The van der Waals surface area contributed by atoms with Crippen LogP contribution in [0.2, 0.25) is 0 Å². The highest BCUT2D eigenvalue weighted by Crippen LogP contribution is 2.37. The molecule has 0 aromatic heterocycles. The molecule has 0 saturated heterocycles. The fraction of sp³-hybridized carbons (Fsp3) is 0.300. The molecule has 3 nitrogen and oxygen atoms in total. The van der Waals surface area contributed by atoms with Gasteiger partial charge in [0.1, 0.15) is 0 Å². The number of benzene rings is 1. The van der Waals surface area contributed by atoms with Crippen LogP contribution < -0.4 is 4.74 Å². The van der Waals surface area contributed by atoms with Gasteiger partial charge in [-0.25, -0.2) is 0 Å². The molecule has 1 aromatic rings. The maximum absolute atomic E-state index is 9.72. The maximum Gasteiger partial charge on any atom is 0.162 e. The van der Waals surface area contributed by atoms with Crippen molar-refractivity contribution in [2.75, 3.05) is 7.11 Å². The Bertz CT molecular complexity index is 384. The number of phenolic OH excluding ortho intramolecular Hbond substituents is 1. The van der Waals surface area contributed by atoms with Crippen molar-refractivity contribution in [3.63, 3.8) is 0 Å². The number of halogens is 1. The van der Waals surface area contributed by atoms with Gasteiger partial charge < -0.3 is 9.84 Å². The Balaban J connectivity index is 3.30. The van der Waals surface area contributed by atoms with E-state index in [-0.39, 0.29) is 11.7 Å². The third-order valence-corrected chi connectivity index (χ3v) is 2.41. The van der Waals surface area contributed by atoms with Crippen LogP contribution in [0.1, 0.15) is 18.4 Å². The molecule has 1 rings (SSSR count). The van der Waals surface area contributed by atoms with Crippen LogP contribution in [-0.2, 0) is 0 Å². The zero-order valence-corrected chi connectivity index (χ0v) is 9.50. The topological polar surface area (TPSA) is 53.2 Å². The van der Waals surface area contributed by atoms with E-state index in [1.807, 2.05) is 0 Å². The number of ether oxygens (including phenoxy) is 1. The van der Waals surface area contributed by atoms with E-state index >= 15 is 0 Å². The van der Waals surface area contributed by atoms with Crippen molar-refractivity contribution in [1.29, 1.82) is 5.26 Å². The lowest BCUT2D eigenvalue weighted by Gasteiger charge is -2.10. The van der Waals surface area contributed by atoms with E-state index in [0.717, 1.165) is 4.47 Å². The van der Waals surface area contributed by atoms with Gasteiger partial charge in [-0.05, 0) is 19.1 Å². The second kappa shape index (κ2) is 4.34. The summed E-state index contributed by atoms with van der Waals surface area (Å²) in [4.78, 5) is 0. The molecule has 0 spiro atoms. The lowest BCUT2D eigenvalue weighted by Crippen LogP contribution is -1.93. The number of aromatic hydroxyl groups is 1. The van der Waals surface area contributed by atoms with Crippen LogP contribution in [0.15, 0.2) is 16.6 Å². The van der Waals surface area contributed by atoms with Crippen LogP contribution in [0.5, 0.6) is 11.5 Å². The minimum atomic E-state index is -0.360. The van der Waals surface area contributed by atoms with Gasteiger partial charge in [0, 0.05) is 10.0 Å². The summed E-state index contributed by atoms with van der Waals surface area (Å²) in [6.07, 6.45) is 0. The van der Waals surface area contributed by atoms with E-state index in [2.05, 4.69) is 22.0 Å². The molecule has 0 radical (unpaired) electrons. The molecule has 0 fully saturated rings. The summed E-state index contributed by atoms with van der Waals surface area (Å²) in [5.74, 6) is 0.0441. The average Bonchev–Trinajstić information content (AvgIpc) is 2.19. The van der Waals surface area contributed by atoms with Crippen molar-refractivity contribution in [3.8, 4) is 17.6 Å². The van der Waals surface area contributed by atoms with Crippen LogP contribution in [0.4, 0.5) is 0 Å². The molecule has 0 heterocycles. The van der Waals surface area contributed by atoms with Gasteiger partial charge in [0.15, 0.2) is 11.5 Å². The van der Waals surface area contributed by atoms with Gasteiger partial charge in [0.05, 0.1) is 19.1 Å². The van der Waals surface area contributed by atoms with Gasteiger partial charge in [-0.15, -0.1) is 0 Å². The van der Waals surface area contributed by atoms with E-state index in [4.69, 9.17) is 10.00 Å². The fourth-order valence-electron chi connectivity index (χ4n) is 1.15. The summed E-state index contributed by atoms with van der Waals surface area (Å²) in [7, 11) is 1.47. The van der Waals surface area contributed by atoms with Crippen LogP contribution in [-0.4, -0.2) is 12.2 Å². The number of phenols is 1. The largest absolute Gasteiger partial charge is 0.504 e. The Morgan fingerprint density at radius 1 is 1.57 bits per heavy atom. The number of hydrogen-bond acceptors (Lipinski definition) is 3. The molecule has 0 bridgehead atoms. The predicted molar refractivity (Wildman–Crippen MR) is 56.4 cm³/mol.